The Morgan fingerprint density at radius 1 is 1.15 bits per heavy atom. The predicted molar refractivity (Wildman–Crippen MR) is 147 cm³/mol. The zero-order valence-corrected chi connectivity index (χ0v) is 22.6. The number of esters is 1. The molecule has 0 fully saturated rings. The Labute approximate surface area is 230 Å². The molecule has 0 saturated heterocycles. The number of phenolic OH excluding ortho intramolecular Hbond substituents is 1. The Bertz CT molecular complexity index is 1540. The summed E-state index contributed by atoms with van der Waals surface area (Å²) in [6.07, 6.45) is 7.81. The van der Waals surface area contributed by atoms with Crippen LogP contribution in [0.15, 0.2) is 79.4 Å². The number of para-hydroxylation sites is 1. The monoisotopic (exact) mass is 564 g/mol. The summed E-state index contributed by atoms with van der Waals surface area (Å²) in [6, 6.07) is 13.8. The molecule has 40 heavy (non-hydrogen) atoms. The maximum Gasteiger partial charge on any atom is 0.459 e. The first kappa shape index (κ1) is 27.3. The number of aromatic hydroxyl groups is 1. The van der Waals surface area contributed by atoms with Gasteiger partial charge in [0.1, 0.15) is 29.4 Å². The number of carbonyl (C=O) groups is 1. The molecule has 13 heteroatoms. The number of nitrogens with one attached hydrogen (secondary N) is 1. The average molecular weight is 565 g/mol. The van der Waals surface area contributed by atoms with Gasteiger partial charge in [0.25, 0.3) is 0 Å². The van der Waals surface area contributed by atoms with E-state index >= 15 is 0 Å². The Morgan fingerprint density at radius 2 is 1.93 bits per heavy atom. The standard InChI is InChI=1S/C27H29N6O6P/c1-37-27(35)23(14-18-8-11-21(34)12-9-18)32-40(36,39-22-5-3-2-4-6-22)38-15-19-7-10-20(13-19)33-17-31-24-25(28)29-16-30-26(24)33/h2-12,16-17,19-20,23,34H,13-15H2,1H3,(H,32,36)(H2,28,29,30)/t19-,20+,23-,40?/m0/s1. The Balaban J connectivity index is 1.31. The van der Waals surface area contributed by atoms with E-state index in [1.165, 1.54) is 25.6 Å². The van der Waals surface area contributed by atoms with Crippen molar-refractivity contribution in [1.29, 1.82) is 0 Å². The van der Waals surface area contributed by atoms with Gasteiger partial charge in [-0.3, -0.25) is 9.32 Å². The number of nitrogens with two attached hydrogens (primary N) is 1. The molecule has 0 bridgehead atoms. The first-order chi connectivity index (χ1) is 19.3. The fourth-order valence-corrected chi connectivity index (χ4v) is 6.03. The Hall–Kier alpha value is -4.25. The lowest BCUT2D eigenvalue weighted by Gasteiger charge is -2.25. The summed E-state index contributed by atoms with van der Waals surface area (Å²) in [7, 11) is -2.83. The first-order valence-corrected chi connectivity index (χ1v) is 14.1. The Kier molecular flexibility index (Phi) is 8.11. The van der Waals surface area contributed by atoms with Crippen molar-refractivity contribution in [2.45, 2.75) is 24.9 Å². The number of methoxy groups -OCH3 is 1. The van der Waals surface area contributed by atoms with E-state index in [0.717, 1.165) is 0 Å². The van der Waals surface area contributed by atoms with E-state index in [0.29, 0.717) is 34.7 Å². The molecule has 5 rings (SSSR count). The molecule has 4 atom stereocenters. The van der Waals surface area contributed by atoms with Crippen LogP contribution >= 0.6 is 7.75 Å². The number of phenols is 1. The zero-order valence-electron chi connectivity index (χ0n) is 21.7. The highest BCUT2D eigenvalue weighted by Crippen LogP contribution is 2.46. The molecule has 4 N–H and O–H groups in total. The van der Waals surface area contributed by atoms with Gasteiger partial charge in [0.2, 0.25) is 0 Å². The van der Waals surface area contributed by atoms with Crippen molar-refractivity contribution in [3.63, 3.8) is 0 Å². The van der Waals surface area contributed by atoms with E-state index < -0.39 is 19.8 Å². The lowest BCUT2D eigenvalue weighted by atomic mass is 10.1. The highest BCUT2D eigenvalue weighted by molar-refractivity contribution is 7.52. The molecule has 0 amide bonds. The van der Waals surface area contributed by atoms with Crippen molar-refractivity contribution < 1.29 is 28.3 Å². The quantitative estimate of drug-likeness (QED) is 0.138. The van der Waals surface area contributed by atoms with Gasteiger partial charge < -0.3 is 24.7 Å². The number of benzene rings is 2. The molecule has 12 nitrogen and oxygen atoms in total. The number of nitrogen functional groups attached to an aromatic ring is 1. The predicted octanol–water partition coefficient (Wildman–Crippen LogP) is 3.81. The number of fused-ring (bicyclic) bond motifs is 1. The minimum atomic E-state index is -4.08. The summed E-state index contributed by atoms with van der Waals surface area (Å²) in [5.74, 6) is -0.0283. The summed E-state index contributed by atoms with van der Waals surface area (Å²) in [5, 5.41) is 12.4. The largest absolute Gasteiger partial charge is 0.508 e. The molecule has 4 aromatic rings. The lowest BCUT2D eigenvalue weighted by molar-refractivity contribution is -0.142. The summed E-state index contributed by atoms with van der Waals surface area (Å²) in [5.41, 5.74) is 7.79. The smallest absolute Gasteiger partial charge is 0.459 e. The van der Waals surface area contributed by atoms with Gasteiger partial charge in [-0.15, -0.1) is 0 Å². The van der Waals surface area contributed by atoms with Crippen molar-refractivity contribution in [2.75, 3.05) is 19.5 Å². The maximum atomic E-state index is 14.1. The van der Waals surface area contributed by atoms with Crippen LogP contribution in [0, 0.1) is 5.92 Å². The summed E-state index contributed by atoms with van der Waals surface area (Å²) in [6.45, 7) is 0.0565. The normalized spacial score (nSPS) is 18.8. The molecular weight excluding hydrogens is 535 g/mol. The summed E-state index contributed by atoms with van der Waals surface area (Å²) >= 11 is 0. The van der Waals surface area contributed by atoms with Gasteiger partial charge in [-0.25, -0.2) is 19.5 Å². The third-order valence-electron chi connectivity index (χ3n) is 6.50. The third kappa shape index (κ3) is 6.31. The molecule has 1 unspecified atom stereocenters. The molecule has 1 aliphatic carbocycles. The fraction of sp³-hybridized carbons (Fsp3) is 0.259. The minimum absolute atomic E-state index is 0.0565. The maximum absolute atomic E-state index is 14.1. The highest BCUT2D eigenvalue weighted by Gasteiger charge is 2.36. The van der Waals surface area contributed by atoms with Crippen molar-refractivity contribution >= 4 is 30.7 Å². The number of nitrogens with zero attached hydrogens (tertiary/aromatic N) is 4. The highest BCUT2D eigenvalue weighted by atomic mass is 31.2. The van der Waals surface area contributed by atoms with Crippen molar-refractivity contribution in [2.24, 2.45) is 5.92 Å². The lowest BCUT2D eigenvalue weighted by Crippen LogP contribution is -2.39. The molecule has 0 spiro atoms. The number of rotatable bonds is 11. The third-order valence-corrected chi connectivity index (χ3v) is 8.07. The van der Waals surface area contributed by atoms with Crippen LogP contribution in [0.5, 0.6) is 11.5 Å². The molecular formula is C27H29N6O6P. The van der Waals surface area contributed by atoms with E-state index in [2.05, 4.69) is 20.0 Å². The SMILES string of the molecule is COC(=O)[C@H](Cc1ccc(O)cc1)NP(=O)(OC[C@H]1C=C[C@@H](n2cnc3c(N)ncnc32)C1)Oc1ccccc1. The van der Waals surface area contributed by atoms with Crippen molar-refractivity contribution in [3.05, 3.63) is 85.0 Å². The van der Waals surface area contributed by atoms with E-state index in [1.807, 2.05) is 16.7 Å². The minimum Gasteiger partial charge on any atom is -0.508 e. The molecule has 0 saturated carbocycles. The first-order valence-electron chi connectivity index (χ1n) is 12.6. The second-order valence-electron chi connectivity index (χ2n) is 9.30. The number of carbonyl (C=O) groups excluding carboxylic acids is 1. The molecule has 0 radical (unpaired) electrons. The molecule has 2 aromatic heterocycles. The molecule has 2 aromatic carbocycles. The summed E-state index contributed by atoms with van der Waals surface area (Å²) < 4.78 is 32.7. The van der Waals surface area contributed by atoms with Gasteiger partial charge in [0.15, 0.2) is 11.5 Å². The van der Waals surface area contributed by atoms with E-state index in [1.54, 1.807) is 48.8 Å². The van der Waals surface area contributed by atoms with Crippen LogP contribution in [0.25, 0.3) is 11.2 Å². The average Bonchev–Trinajstić information content (AvgIpc) is 3.61. The van der Waals surface area contributed by atoms with Crippen LogP contribution in [0.3, 0.4) is 0 Å². The van der Waals surface area contributed by atoms with Crippen LogP contribution in [-0.4, -0.2) is 50.4 Å². The van der Waals surface area contributed by atoms with Crippen LogP contribution in [0.4, 0.5) is 5.82 Å². The topological polar surface area (TPSA) is 164 Å². The Morgan fingerprint density at radius 3 is 2.67 bits per heavy atom. The summed E-state index contributed by atoms with van der Waals surface area (Å²) in [4.78, 5) is 25.3. The van der Waals surface area contributed by atoms with Crippen LogP contribution in [-0.2, 0) is 25.0 Å². The van der Waals surface area contributed by atoms with Gasteiger partial charge in [-0.1, -0.05) is 42.5 Å². The van der Waals surface area contributed by atoms with Gasteiger partial charge in [-0.05, 0) is 42.7 Å². The zero-order chi connectivity index (χ0) is 28.1. The molecule has 2 heterocycles. The molecule has 1 aliphatic rings. The molecule has 0 aliphatic heterocycles. The van der Waals surface area contributed by atoms with Crippen molar-refractivity contribution in [3.8, 4) is 11.5 Å². The van der Waals surface area contributed by atoms with Gasteiger partial charge >= 0.3 is 13.7 Å². The van der Waals surface area contributed by atoms with Gasteiger partial charge in [0.05, 0.1) is 26.1 Å². The van der Waals surface area contributed by atoms with Crippen molar-refractivity contribution in [1.82, 2.24) is 24.6 Å². The number of imidazole rings is 1. The number of allylic oxidation sites excluding steroid dienone is 1. The van der Waals surface area contributed by atoms with Crippen LogP contribution < -0.4 is 15.3 Å². The van der Waals surface area contributed by atoms with E-state index in [4.69, 9.17) is 19.5 Å². The number of anilines is 1. The van der Waals surface area contributed by atoms with Crippen LogP contribution in [0.1, 0.15) is 18.0 Å². The number of ether oxygens (including phenoxy) is 1. The second kappa shape index (κ2) is 11.9. The van der Waals surface area contributed by atoms with Gasteiger partial charge in [-0.2, -0.15) is 5.09 Å². The van der Waals surface area contributed by atoms with E-state index in [9.17, 15) is 14.5 Å². The number of hydrogen-bond donors (Lipinski definition) is 3. The number of aromatic nitrogens is 4. The second-order valence-corrected chi connectivity index (χ2v) is 11.0. The van der Waals surface area contributed by atoms with Gasteiger partial charge in [0, 0.05) is 5.92 Å². The molecule has 208 valence electrons. The number of hydrogen-bond acceptors (Lipinski definition) is 10. The van der Waals surface area contributed by atoms with Crippen LogP contribution in [0.2, 0.25) is 0 Å². The van der Waals surface area contributed by atoms with E-state index in [-0.39, 0.29) is 30.7 Å². The fourth-order valence-electron chi connectivity index (χ4n) is 4.48.